The molecule has 0 bridgehead atoms. The maximum atomic E-state index is 12.4. The smallest absolute Gasteiger partial charge is 0.187 e. The van der Waals surface area contributed by atoms with Crippen LogP contribution < -0.4 is 10.6 Å². The largest absolute Gasteiger partial charge is 0.395 e. The second-order valence-electron chi connectivity index (χ2n) is 4.66. The number of aromatic nitrogens is 1. The molecule has 0 aliphatic heterocycles. The number of nitrogen functional groups attached to an aromatic ring is 1. The van der Waals surface area contributed by atoms with Crippen molar-refractivity contribution in [2.75, 3.05) is 30.3 Å². The van der Waals surface area contributed by atoms with Gasteiger partial charge in [-0.15, -0.1) is 0 Å². The van der Waals surface area contributed by atoms with Gasteiger partial charge in [-0.25, -0.2) is 8.42 Å². The molecule has 0 spiro atoms. The van der Waals surface area contributed by atoms with Gasteiger partial charge in [-0.05, 0) is 30.8 Å². The van der Waals surface area contributed by atoms with Gasteiger partial charge in [0.2, 0.25) is 0 Å². The van der Waals surface area contributed by atoms with Gasteiger partial charge < -0.3 is 15.7 Å². The first-order chi connectivity index (χ1) is 9.02. The standard InChI is InChI=1S/C11H19N3O3S2/c1-2-5-14(6-7-15)11-9(10(12)13-18-11)19(16,17)8-3-4-8/h8,15H,2-7H2,1H3,(H2,12,13). The van der Waals surface area contributed by atoms with Gasteiger partial charge in [0.15, 0.2) is 15.7 Å². The summed E-state index contributed by atoms with van der Waals surface area (Å²) < 4.78 is 28.8. The highest BCUT2D eigenvalue weighted by atomic mass is 32.2. The first-order valence-corrected chi connectivity index (χ1v) is 8.69. The van der Waals surface area contributed by atoms with Gasteiger partial charge >= 0.3 is 0 Å². The summed E-state index contributed by atoms with van der Waals surface area (Å²) in [6.07, 6.45) is 2.26. The average molecular weight is 305 g/mol. The molecule has 1 fully saturated rings. The third kappa shape index (κ3) is 2.85. The molecular weight excluding hydrogens is 286 g/mol. The summed E-state index contributed by atoms with van der Waals surface area (Å²) in [5.41, 5.74) is 5.75. The van der Waals surface area contributed by atoms with Crippen LogP contribution in [0.2, 0.25) is 0 Å². The van der Waals surface area contributed by atoms with Crippen LogP contribution in [0.25, 0.3) is 0 Å². The Morgan fingerprint density at radius 1 is 1.47 bits per heavy atom. The van der Waals surface area contributed by atoms with Crippen LogP contribution in [0.3, 0.4) is 0 Å². The first kappa shape index (κ1) is 14.5. The Morgan fingerprint density at radius 2 is 2.16 bits per heavy atom. The molecule has 6 nitrogen and oxygen atoms in total. The maximum Gasteiger partial charge on any atom is 0.187 e. The summed E-state index contributed by atoms with van der Waals surface area (Å²) in [7, 11) is -3.37. The van der Waals surface area contributed by atoms with E-state index in [1.165, 1.54) is 0 Å². The predicted octanol–water partition coefficient (Wildman–Crippen LogP) is 0.870. The minimum atomic E-state index is -3.37. The Morgan fingerprint density at radius 3 is 2.68 bits per heavy atom. The number of sulfone groups is 1. The van der Waals surface area contributed by atoms with Crippen molar-refractivity contribution in [1.82, 2.24) is 4.37 Å². The molecule has 0 saturated heterocycles. The van der Waals surface area contributed by atoms with E-state index in [-0.39, 0.29) is 22.6 Å². The lowest BCUT2D eigenvalue weighted by molar-refractivity contribution is 0.302. The monoisotopic (exact) mass is 305 g/mol. The van der Waals surface area contributed by atoms with Crippen molar-refractivity contribution >= 4 is 32.2 Å². The molecular formula is C11H19N3O3S2. The Bertz CT molecular complexity index is 531. The Kier molecular flexibility index (Phi) is 4.32. The van der Waals surface area contributed by atoms with Gasteiger partial charge in [0.25, 0.3) is 0 Å². The molecule has 108 valence electrons. The lowest BCUT2D eigenvalue weighted by Gasteiger charge is -2.22. The molecule has 2 rings (SSSR count). The molecule has 1 heterocycles. The molecule has 0 amide bonds. The maximum absolute atomic E-state index is 12.4. The van der Waals surface area contributed by atoms with Crippen molar-refractivity contribution in [1.29, 1.82) is 0 Å². The number of rotatable bonds is 7. The lowest BCUT2D eigenvalue weighted by Crippen LogP contribution is -2.28. The van der Waals surface area contributed by atoms with Gasteiger partial charge in [-0.2, -0.15) is 4.37 Å². The first-order valence-electron chi connectivity index (χ1n) is 6.37. The van der Waals surface area contributed by atoms with Crippen LogP contribution in [0.5, 0.6) is 0 Å². The molecule has 19 heavy (non-hydrogen) atoms. The number of hydrogen-bond donors (Lipinski definition) is 2. The summed E-state index contributed by atoms with van der Waals surface area (Å²) in [5.74, 6) is 0.0888. The van der Waals surface area contributed by atoms with E-state index in [9.17, 15) is 8.42 Å². The van der Waals surface area contributed by atoms with Crippen LogP contribution in [0.1, 0.15) is 26.2 Å². The van der Waals surface area contributed by atoms with Crippen LogP contribution >= 0.6 is 11.5 Å². The van der Waals surface area contributed by atoms with Gasteiger partial charge in [0, 0.05) is 13.1 Å². The summed E-state index contributed by atoms with van der Waals surface area (Å²) in [6.45, 7) is 3.04. The third-order valence-electron chi connectivity index (χ3n) is 3.06. The molecule has 1 aromatic heterocycles. The lowest BCUT2D eigenvalue weighted by atomic mass is 10.4. The average Bonchev–Trinajstić information content (AvgIpc) is 3.13. The van der Waals surface area contributed by atoms with Crippen LogP contribution in [-0.4, -0.2) is 42.8 Å². The van der Waals surface area contributed by atoms with E-state index in [1.54, 1.807) is 0 Å². The second kappa shape index (κ2) is 5.64. The number of aliphatic hydroxyl groups excluding tert-OH is 1. The number of anilines is 2. The highest BCUT2D eigenvalue weighted by Gasteiger charge is 2.41. The van der Waals surface area contributed by atoms with Crippen LogP contribution in [0, 0.1) is 0 Å². The van der Waals surface area contributed by atoms with Crippen molar-refractivity contribution in [3.8, 4) is 0 Å². The van der Waals surface area contributed by atoms with Gasteiger partial charge in [-0.3, -0.25) is 0 Å². The number of nitrogens with zero attached hydrogens (tertiary/aromatic N) is 2. The van der Waals surface area contributed by atoms with Crippen molar-refractivity contribution in [3.05, 3.63) is 0 Å². The molecule has 1 saturated carbocycles. The van der Waals surface area contributed by atoms with Crippen LogP contribution in [0.4, 0.5) is 10.8 Å². The minimum Gasteiger partial charge on any atom is -0.395 e. The highest BCUT2D eigenvalue weighted by Crippen LogP contribution is 2.42. The van der Waals surface area contributed by atoms with E-state index < -0.39 is 9.84 Å². The van der Waals surface area contributed by atoms with Crippen LogP contribution in [-0.2, 0) is 9.84 Å². The minimum absolute atomic E-state index is 0.0271. The molecule has 8 heteroatoms. The molecule has 1 aliphatic carbocycles. The molecule has 3 N–H and O–H groups in total. The van der Waals surface area contributed by atoms with Crippen molar-refractivity contribution in [3.63, 3.8) is 0 Å². The van der Waals surface area contributed by atoms with E-state index in [2.05, 4.69) is 4.37 Å². The zero-order chi connectivity index (χ0) is 14.0. The van der Waals surface area contributed by atoms with Crippen molar-refractivity contribution in [2.45, 2.75) is 36.3 Å². The summed E-state index contributed by atoms with van der Waals surface area (Å²) in [4.78, 5) is 2.02. The van der Waals surface area contributed by atoms with Gasteiger partial charge in [0.05, 0.1) is 11.9 Å². The molecule has 0 atom stereocenters. The zero-order valence-corrected chi connectivity index (χ0v) is 12.5. The number of nitrogens with two attached hydrogens (primary N) is 1. The topological polar surface area (TPSA) is 96.5 Å². The zero-order valence-electron chi connectivity index (χ0n) is 10.9. The van der Waals surface area contributed by atoms with E-state index in [0.29, 0.717) is 30.9 Å². The number of hydrogen-bond acceptors (Lipinski definition) is 7. The van der Waals surface area contributed by atoms with E-state index in [4.69, 9.17) is 10.8 Å². The summed E-state index contributed by atoms with van der Waals surface area (Å²) in [6, 6.07) is 0. The summed E-state index contributed by atoms with van der Waals surface area (Å²) >= 11 is 1.10. The van der Waals surface area contributed by atoms with Crippen LogP contribution in [0.15, 0.2) is 4.90 Å². The van der Waals surface area contributed by atoms with Crippen molar-refractivity contribution < 1.29 is 13.5 Å². The molecule has 0 aromatic carbocycles. The Hall–Kier alpha value is -0.860. The fraction of sp³-hybridized carbons (Fsp3) is 0.727. The van der Waals surface area contributed by atoms with E-state index in [0.717, 1.165) is 18.0 Å². The fourth-order valence-corrected chi connectivity index (χ4v) is 5.08. The van der Waals surface area contributed by atoms with E-state index in [1.807, 2.05) is 11.8 Å². The summed E-state index contributed by atoms with van der Waals surface area (Å²) in [5, 5.41) is 9.38. The molecule has 1 aliphatic rings. The fourth-order valence-electron chi connectivity index (χ4n) is 2.00. The second-order valence-corrected chi connectivity index (χ2v) is 7.57. The molecule has 0 radical (unpaired) electrons. The van der Waals surface area contributed by atoms with Gasteiger partial charge in [0.1, 0.15) is 9.90 Å². The number of aliphatic hydroxyl groups is 1. The quantitative estimate of drug-likeness (QED) is 0.776. The third-order valence-corrected chi connectivity index (χ3v) is 6.43. The van der Waals surface area contributed by atoms with Crippen molar-refractivity contribution in [2.24, 2.45) is 0 Å². The normalized spacial score (nSPS) is 15.7. The molecule has 1 aromatic rings. The van der Waals surface area contributed by atoms with Gasteiger partial charge in [-0.1, -0.05) is 6.92 Å². The highest BCUT2D eigenvalue weighted by molar-refractivity contribution is 7.92. The SMILES string of the molecule is CCCN(CCO)c1snc(N)c1S(=O)(=O)C1CC1. The molecule has 0 unspecified atom stereocenters. The predicted molar refractivity (Wildman–Crippen MR) is 76.3 cm³/mol. The Labute approximate surface area is 117 Å². The van der Waals surface area contributed by atoms with E-state index >= 15 is 0 Å². The Balaban J connectivity index is 2.40.